The zero-order chi connectivity index (χ0) is 13.3. The number of rotatable bonds is 3. The minimum absolute atomic E-state index is 0.182. The summed E-state index contributed by atoms with van der Waals surface area (Å²) in [6.45, 7) is 4.11. The zero-order valence-electron chi connectivity index (χ0n) is 10.5. The van der Waals surface area contributed by atoms with E-state index in [4.69, 9.17) is 4.74 Å². The molecule has 0 aliphatic rings. The zero-order valence-corrected chi connectivity index (χ0v) is 12.9. The predicted molar refractivity (Wildman–Crippen MR) is 77.5 cm³/mol. The van der Waals surface area contributed by atoms with Gasteiger partial charge >= 0.3 is 0 Å². The standard InChI is InChI=1S/C14H14BrFOS/c1-8-7-10(9(2)18-8)14(15)13-11(16)5-4-6-12(13)17-3/h4-7,14H,1-3H3. The highest BCUT2D eigenvalue weighted by Gasteiger charge is 2.22. The first-order chi connectivity index (χ1) is 8.54. The number of ether oxygens (including phenoxy) is 1. The second-order valence-corrected chi connectivity index (χ2v) is 6.46. The third-order valence-corrected chi connectivity index (χ3v) is 4.77. The summed E-state index contributed by atoms with van der Waals surface area (Å²) in [5.74, 6) is 0.319. The molecule has 0 N–H and O–H groups in total. The molecule has 1 nitrogen and oxygen atoms in total. The summed E-state index contributed by atoms with van der Waals surface area (Å²) in [5.41, 5.74) is 1.65. The van der Waals surface area contributed by atoms with Gasteiger partial charge in [0.25, 0.3) is 0 Å². The molecule has 96 valence electrons. The van der Waals surface area contributed by atoms with Crippen molar-refractivity contribution in [1.82, 2.24) is 0 Å². The topological polar surface area (TPSA) is 9.23 Å². The molecule has 1 atom stereocenters. The molecule has 0 radical (unpaired) electrons. The summed E-state index contributed by atoms with van der Waals surface area (Å²) in [6, 6.07) is 6.98. The molecule has 2 rings (SSSR count). The van der Waals surface area contributed by atoms with E-state index in [0.29, 0.717) is 11.3 Å². The summed E-state index contributed by atoms with van der Waals surface area (Å²) in [4.78, 5) is 2.24. The third kappa shape index (κ3) is 2.45. The first kappa shape index (κ1) is 13.6. The fourth-order valence-electron chi connectivity index (χ4n) is 2.00. The lowest BCUT2D eigenvalue weighted by molar-refractivity contribution is 0.405. The van der Waals surface area contributed by atoms with Crippen molar-refractivity contribution in [3.05, 3.63) is 51.0 Å². The van der Waals surface area contributed by atoms with Crippen molar-refractivity contribution in [2.75, 3.05) is 7.11 Å². The van der Waals surface area contributed by atoms with Gasteiger partial charge in [0.1, 0.15) is 11.6 Å². The van der Waals surface area contributed by atoms with Gasteiger partial charge in [-0.2, -0.15) is 0 Å². The van der Waals surface area contributed by atoms with Crippen LogP contribution in [0.1, 0.15) is 25.7 Å². The lowest BCUT2D eigenvalue weighted by Crippen LogP contribution is -2.00. The van der Waals surface area contributed by atoms with Gasteiger partial charge in [-0.05, 0) is 37.6 Å². The number of hydrogen-bond donors (Lipinski definition) is 0. The van der Waals surface area contributed by atoms with Crippen LogP contribution in [-0.4, -0.2) is 7.11 Å². The minimum Gasteiger partial charge on any atom is -0.496 e. The van der Waals surface area contributed by atoms with Crippen LogP contribution in [0, 0.1) is 19.7 Å². The van der Waals surface area contributed by atoms with Gasteiger partial charge in [0, 0.05) is 15.3 Å². The van der Waals surface area contributed by atoms with Gasteiger partial charge in [-0.3, -0.25) is 0 Å². The van der Waals surface area contributed by atoms with Crippen LogP contribution in [0.5, 0.6) is 5.75 Å². The first-order valence-corrected chi connectivity index (χ1v) is 7.31. The molecule has 18 heavy (non-hydrogen) atoms. The Labute approximate surface area is 119 Å². The van der Waals surface area contributed by atoms with Crippen LogP contribution in [0.15, 0.2) is 24.3 Å². The Kier molecular flexibility index (Phi) is 4.07. The van der Waals surface area contributed by atoms with Gasteiger partial charge in [-0.1, -0.05) is 22.0 Å². The molecule has 0 saturated carbocycles. The monoisotopic (exact) mass is 328 g/mol. The second kappa shape index (κ2) is 5.41. The highest BCUT2D eigenvalue weighted by Crippen LogP contribution is 2.41. The Morgan fingerprint density at radius 3 is 2.61 bits per heavy atom. The summed E-state index contributed by atoms with van der Waals surface area (Å²) in [6.07, 6.45) is 0. The molecule has 0 fully saturated rings. The maximum Gasteiger partial charge on any atom is 0.131 e. The van der Waals surface area contributed by atoms with Gasteiger partial charge in [-0.25, -0.2) is 4.39 Å². The number of hydrogen-bond acceptors (Lipinski definition) is 2. The molecule has 0 aliphatic carbocycles. The summed E-state index contributed by atoms with van der Waals surface area (Å²) >= 11 is 5.31. The quantitative estimate of drug-likeness (QED) is 0.720. The third-order valence-electron chi connectivity index (χ3n) is 2.84. The molecule has 4 heteroatoms. The Morgan fingerprint density at radius 1 is 1.33 bits per heavy atom. The Balaban J connectivity index is 2.52. The van der Waals surface area contributed by atoms with Crippen LogP contribution in [-0.2, 0) is 0 Å². The molecule has 2 aromatic rings. The fourth-order valence-corrected chi connectivity index (χ4v) is 4.03. The van der Waals surface area contributed by atoms with Crippen LogP contribution < -0.4 is 4.74 Å². The lowest BCUT2D eigenvalue weighted by atomic mass is 10.0. The number of alkyl halides is 1. The molecule has 0 bridgehead atoms. The van der Waals surface area contributed by atoms with E-state index in [1.54, 1.807) is 30.6 Å². The Bertz CT molecular complexity index is 565. The van der Waals surface area contributed by atoms with Crippen LogP contribution >= 0.6 is 27.3 Å². The molecule has 1 heterocycles. The lowest BCUT2D eigenvalue weighted by Gasteiger charge is -2.15. The molecular weight excluding hydrogens is 315 g/mol. The fraction of sp³-hybridized carbons (Fsp3) is 0.286. The molecule has 0 aliphatic heterocycles. The van der Waals surface area contributed by atoms with E-state index < -0.39 is 0 Å². The average molecular weight is 329 g/mol. The maximum absolute atomic E-state index is 14.0. The van der Waals surface area contributed by atoms with E-state index in [1.165, 1.54) is 15.8 Å². The SMILES string of the molecule is COc1cccc(F)c1C(Br)c1cc(C)sc1C. The summed E-state index contributed by atoms with van der Waals surface area (Å²) < 4.78 is 19.3. The molecule has 0 amide bonds. The van der Waals surface area contributed by atoms with Gasteiger partial charge in [0.2, 0.25) is 0 Å². The number of thiophene rings is 1. The van der Waals surface area contributed by atoms with Crippen LogP contribution in [0.2, 0.25) is 0 Å². The second-order valence-electron chi connectivity index (χ2n) is 4.09. The van der Waals surface area contributed by atoms with Crippen molar-refractivity contribution in [3.8, 4) is 5.75 Å². The summed E-state index contributed by atoms with van der Waals surface area (Å²) in [7, 11) is 1.56. The van der Waals surface area contributed by atoms with Crippen molar-refractivity contribution in [1.29, 1.82) is 0 Å². The van der Waals surface area contributed by atoms with Crippen molar-refractivity contribution in [2.45, 2.75) is 18.7 Å². The smallest absolute Gasteiger partial charge is 0.131 e. The minimum atomic E-state index is -0.250. The van der Waals surface area contributed by atoms with E-state index in [0.717, 1.165) is 5.56 Å². The molecule has 1 aromatic carbocycles. The number of methoxy groups -OCH3 is 1. The van der Waals surface area contributed by atoms with Crippen LogP contribution in [0.3, 0.4) is 0 Å². The van der Waals surface area contributed by atoms with E-state index >= 15 is 0 Å². The van der Waals surface area contributed by atoms with Crippen molar-refractivity contribution in [3.63, 3.8) is 0 Å². The number of aryl methyl sites for hydroxylation is 2. The van der Waals surface area contributed by atoms with Gasteiger partial charge in [0.15, 0.2) is 0 Å². The van der Waals surface area contributed by atoms with E-state index in [-0.39, 0.29) is 10.6 Å². The largest absolute Gasteiger partial charge is 0.496 e. The van der Waals surface area contributed by atoms with Gasteiger partial charge in [0.05, 0.1) is 11.9 Å². The molecule has 0 spiro atoms. The Morgan fingerprint density at radius 2 is 2.06 bits per heavy atom. The number of benzene rings is 1. The van der Waals surface area contributed by atoms with Crippen molar-refractivity contribution < 1.29 is 9.13 Å². The van der Waals surface area contributed by atoms with Gasteiger partial charge < -0.3 is 4.74 Å². The highest BCUT2D eigenvalue weighted by molar-refractivity contribution is 9.09. The van der Waals surface area contributed by atoms with Gasteiger partial charge in [-0.15, -0.1) is 11.3 Å². The van der Waals surface area contributed by atoms with Crippen LogP contribution in [0.25, 0.3) is 0 Å². The predicted octanol–water partition coefficient (Wildman–Crippen LogP) is 5.00. The first-order valence-electron chi connectivity index (χ1n) is 5.58. The maximum atomic E-state index is 14.0. The Hall–Kier alpha value is -0.870. The van der Waals surface area contributed by atoms with E-state index in [9.17, 15) is 4.39 Å². The molecule has 0 saturated heterocycles. The normalized spacial score (nSPS) is 12.5. The summed E-state index contributed by atoms with van der Waals surface area (Å²) in [5, 5.41) is 0. The molecular formula is C14H14BrFOS. The molecule has 1 unspecified atom stereocenters. The van der Waals surface area contributed by atoms with E-state index in [1.807, 2.05) is 0 Å². The molecule has 1 aromatic heterocycles. The average Bonchev–Trinajstić information content (AvgIpc) is 2.67. The van der Waals surface area contributed by atoms with Crippen LogP contribution in [0.4, 0.5) is 4.39 Å². The van der Waals surface area contributed by atoms with Crippen molar-refractivity contribution >= 4 is 27.3 Å². The highest BCUT2D eigenvalue weighted by atomic mass is 79.9. The number of halogens is 2. The van der Waals surface area contributed by atoms with Crippen molar-refractivity contribution in [2.24, 2.45) is 0 Å². The van der Waals surface area contributed by atoms with E-state index in [2.05, 4.69) is 35.8 Å².